The van der Waals surface area contributed by atoms with Gasteiger partial charge in [0.1, 0.15) is 6.10 Å². The number of hydrogen-bond acceptors (Lipinski definition) is 3. The summed E-state index contributed by atoms with van der Waals surface area (Å²) in [5, 5.41) is 8.72. The molecule has 0 aromatic carbocycles. The summed E-state index contributed by atoms with van der Waals surface area (Å²) >= 11 is 0. The fourth-order valence-corrected chi connectivity index (χ4v) is 3.25. The van der Waals surface area contributed by atoms with Gasteiger partial charge < -0.3 is 9.84 Å². The molecule has 0 radical (unpaired) electrons. The van der Waals surface area contributed by atoms with Crippen LogP contribution in [0, 0.1) is 0 Å². The van der Waals surface area contributed by atoms with Crippen LogP contribution in [0.3, 0.4) is 0 Å². The van der Waals surface area contributed by atoms with Crippen LogP contribution in [0.15, 0.2) is 48.6 Å². The molecule has 0 aliphatic heterocycles. The molecule has 0 amide bonds. The van der Waals surface area contributed by atoms with Gasteiger partial charge in [-0.3, -0.25) is 9.59 Å². The predicted octanol–water partition coefficient (Wildman–Crippen LogP) is 8.10. The Labute approximate surface area is 196 Å². The normalized spacial score (nSPS) is 13.1. The van der Waals surface area contributed by atoms with Crippen molar-refractivity contribution in [2.45, 2.75) is 116 Å². The first kappa shape index (κ1) is 29.9. The minimum absolute atomic E-state index is 0.0312. The lowest BCUT2D eigenvalue weighted by Gasteiger charge is -2.18. The van der Waals surface area contributed by atoms with Gasteiger partial charge in [-0.2, -0.15) is 0 Å². The van der Waals surface area contributed by atoms with Crippen LogP contribution in [0.25, 0.3) is 0 Å². The third kappa shape index (κ3) is 22.6. The number of carboxylic acid groups (broad SMARTS) is 1. The van der Waals surface area contributed by atoms with Crippen molar-refractivity contribution in [1.29, 1.82) is 0 Å². The van der Waals surface area contributed by atoms with Gasteiger partial charge in [0.15, 0.2) is 0 Å². The van der Waals surface area contributed by atoms with Crippen molar-refractivity contribution < 1.29 is 19.4 Å². The number of rotatable bonds is 21. The van der Waals surface area contributed by atoms with E-state index in [4.69, 9.17) is 9.84 Å². The number of allylic oxidation sites excluding steroid dienone is 8. The van der Waals surface area contributed by atoms with Gasteiger partial charge in [-0.15, -0.1) is 0 Å². The molecule has 0 aromatic rings. The summed E-state index contributed by atoms with van der Waals surface area (Å²) in [7, 11) is 0. The van der Waals surface area contributed by atoms with Crippen LogP contribution < -0.4 is 0 Å². The van der Waals surface area contributed by atoms with E-state index in [0.29, 0.717) is 19.3 Å². The highest BCUT2D eigenvalue weighted by molar-refractivity contribution is 5.69. The average Bonchev–Trinajstić information content (AvgIpc) is 2.76. The number of carboxylic acids is 1. The van der Waals surface area contributed by atoms with E-state index in [-0.39, 0.29) is 18.5 Å². The summed E-state index contributed by atoms with van der Waals surface area (Å²) < 4.78 is 5.72. The highest BCUT2D eigenvalue weighted by Crippen LogP contribution is 2.16. The highest BCUT2D eigenvalue weighted by Gasteiger charge is 2.13. The van der Waals surface area contributed by atoms with E-state index in [2.05, 4.69) is 62.5 Å². The summed E-state index contributed by atoms with van der Waals surface area (Å²) in [5.41, 5.74) is 0. The number of esters is 1. The Morgan fingerprint density at radius 2 is 1.28 bits per heavy atom. The third-order valence-electron chi connectivity index (χ3n) is 5.08. The Morgan fingerprint density at radius 1 is 0.719 bits per heavy atom. The van der Waals surface area contributed by atoms with Crippen LogP contribution in [-0.4, -0.2) is 23.1 Å². The van der Waals surface area contributed by atoms with Gasteiger partial charge in [-0.05, 0) is 64.2 Å². The summed E-state index contributed by atoms with van der Waals surface area (Å²) in [6.07, 6.45) is 30.0. The molecule has 0 aliphatic carbocycles. The minimum atomic E-state index is -0.744. The van der Waals surface area contributed by atoms with Crippen molar-refractivity contribution in [3.05, 3.63) is 48.6 Å². The average molecular weight is 447 g/mol. The van der Waals surface area contributed by atoms with E-state index < -0.39 is 5.97 Å². The Hall–Kier alpha value is -2.10. The summed E-state index contributed by atoms with van der Waals surface area (Å²) in [5.74, 6) is -0.869. The second-order valence-electron chi connectivity index (χ2n) is 8.14. The summed E-state index contributed by atoms with van der Waals surface area (Å²) in [4.78, 5) is 22.8. The molecular weight excluding hydrogens is 400 g/mol. The number of carbonyl (C=O) groups is 2. The van der Waals surface area contributed by atoms with E-state index in [1.54, 1.807) is 0 Å². The molecule has 1 atom stereocenters. The smallest absolute Gasteiger partial charge is 0.306 e. The van der Waals surface area contributed by atoms with Crippen LogP contribution in [0.5, 0.6) is 0 Å². The van der Waals surface area contributed by atoms with Gasteiger partial charge in [0.2, 0.25) is 0 Å². The monoisotopic (exact) mass is 446 g/mol. The van der Waals surface area contributed by atoms with Crippen molar-refractivity contribution in [1.82, 2.24) is 0 Å². The van der Waals surface area contributed by atoms with Crippen molar-refractivity contribution in [3.8, 4) is 0 Å². The van der Waals surface area contributed by atoms with Crippen LogP contribution in [0.4, 0.5) is 0 Å². The lowest BCUT2D eigenvalue weighted by molar-refractivity contribution is -0.149. The maximum atomic E-state index is 12.2. The quantitative estimate of drug-likeness (QED) is 0.110. The molecule has 4 heteroatoms. The largest absolute Gasteiger partial charge is 0.481 e. The molecule has 0 bridgehead atoms. The summed E-state index contributed by atoms with van der Waals surface area (Å²) in [6.45, 7) is 4.30. The highest BCUT2D eigenvalue weighted by atomic mass is 16.5. The zero-order chi connectivity index (χ0) is 23.7. The Balaban J connectivity index is 4.01. The van der Waals surface area contributed by atoms with Crippen molar-refractivity contribution >= 4 is 11.9 Å². The van der Waals surface area contributed by atoms with Gasteiger partial charge in [-0.25, -0.2) is 0 Å². The minimum Gasteiger partial charge on any atom is -0.481 e. The maximum Gasteiger partial charge on any atom is 0.306 e. The number of hydrogen-bond donors (Lipinski definition) is 1. The number of aliphatic carboxylic acids is 1. The van der Waals surface area contributed by atoms with Crippen molar-refractivity contribution in [3.63, 3.8) is 0 Å². The first-order chi connectivity index (χ1) is 15.6. The Morgan fingerprint density at radius 3 is 1.84 bits per heavy atom. The molecule has 32 heavy (non-hydrogen) atoms. The molecule has 1 N–H and O–H groups in total. The number of carbonyl (C=O) groups excluding carboxylic acids is 1. The molecule has 0 aliphatic rings. The SMILES string of the molecule is CC/C=C\C/C=C\C/C=C\C/C=C\CCC(=O)OC(CCCCC)CCCCCC(=O)O. The van der Waals surface area contributed by atoms with Gasteiger partial charge in [-0.1, -0.05) is 81.7 Å². The predicted molar refractivity (Wildman–Crippen MR) is 135 cm³/mol. The molecule has 0 saturated heterocycles. The zero-order valence-electron chi connectivity index (χ0n) is 20.5. The Bertz CT molecular complexity index is 572. The van der Waals surface area contributed by atoms with Crippen LogP contribution in [-0.2, 0) is 14.3 Å². The topological polar surface area (TPSA) is 63.6 Å². The second-order valence-corrected chi connectivity index (χ2v) is 8.14. The van der Waals surface area contributed by atoms with E-state index >= 15 is 0 Å². The molecule has 0 spiro atoms. The van der Waals surface area contributed by atoms with Gasteiger partial charge in [0.05, 0.1) is 0 Å². The molecular formula is C28H46O4. The molecule has 0 heterocycles. The van der Waals surface area contributed by atoms with E-state index in [0.717, 1.165) is 70.6 Å². The molecule has 4 nitrogen and oxygen atoms in total. The first-order valence-corrected chi connectivity index (χ1v) is 12.6. The van der Waals surface area contributed by atoms with Gasteiger partial charge >= 0.3 is 11.9 Å². The maximum absolute atomic E-state index is 12.2. The van der Waals surface area contributed by atoms with Gasteiger partial charge in [0, 0.05) is 12.8 Å². The molecule has 0 saturated carbocycles. The summed E-state index contributed by atoms with van der Waals surface area (Å²) in [6, 6.07) is 0. The number of unbranched alkanes of at least 4 members (excludes halogenated alkanes) is 4. The van der Waals surface area contributed by atoms with Crippen molar-refractivity contribution in [2.24, 2.45) is 0 Å². The first-order valence-electron chi connectivity index (χ1n) is 12.6. The second kappa shape index (κ2) is 23.6. The standard InChI is InChI=1S/C28H46O4/c1-3-5-7-8-9-10-11-12-13-14-15-16-21-25-28(31)32-26(22-18-6-4-2)23-19-17-20-24-27(29)30/h5,7,9-10,12-13,15-16,26H,3-4,6,8,11,14,17-25H2,1-2H3,(H,29,30)/b7-5-,10-9-,13-12-,16-15-. The molecule has 0 fully saturated rings. The lowest BCUT2D eigenvalue weighted by atomic mass is 10.0. The number of ether oxygens (including phenoxy) is 1. The molecule has 182 valence electrons. The zero-order valence-corrected chi connectivity index (χ0v) is 20.5. The fraction of sp³-hybridized carbons (Fsp3) is 0.643. The van der Waals surface area contributed by atoms with Crippen LogP contribution in [0.1, 0.15) is 110 Å². The van der Waals surface area contributed by atoms with E-state index in [1.807, 2.05) is 0 Å². The Kier molecular flexibility index (Phi) is 22.0. The van der Waals surface area contributed by atoms with Crippen LogP contribution in [0.2, 0.25) is 0 Å². The molecule has 0 rings (SSSR count). The van der Waals surface area contributed by atoms with Crippen molar-refractivity contribution in [2.75, 3.05) is 0 Å². The van der Waals surface area contributed by atoms with Crippen LogP contribution >= 0.6 is 0 Å². The van der Waals surface area contributed by atoms with Gasteiger partial charge in [0.25, 0.3) is 0 Å². The van der Waals surface area contributed by atoms with E-state index in [9.17, 15) is 9.59 Å². The molecule has 1 unspecified atom stereocenters. The fourth-order valence-electron chi connectivity index (χ4n) is 3.25. The van der Waals surface area contributed by atoms with E-state index in [1.165, 1.54) is 0 Å². The third-order valence-corrected chi connectivity index (χ3v) is 5.08. The lowest BCUT2D eigenvalue weighted by Crippen LogP contribution is -2.18. The molecule has 0 aromatic heterocycles.